The number of carbonyl (C=O) groups excluding carboxylic acids is 1. The molecule has 0 amide bonds. The summed E-state index contributed by atoms with van der Waals surface area (Å²) < 4.78 is 18.3. The van der Waals surface area contributed by atoms with Gasteiger partial charge in [0.1, 0.15) is 29.7 Å². The van der Waals surface area contributed by atoms with E-state index in [0.29, 0.717) is 23.7 Å². The smallest absolute Gasteiger partial charge is 0.345 e. The molecule has 1 N–H and O–H groups in total. The standard InChI is InChI=1S/C23H29N5O4/c1-7-17(11-28-13-24-12-25-28)27-19-10-16(4)26-22(20(19)23(29)31-6)32-21-14(2)8-18(30-5)9-15(21)3/h8-10,12-13,17H,7,11H2,1-6H3,(H,26,27). The zero-order valence-corrected chi connectivity index (χ0v) is 19.3. The Labute approximate surface area is 187 Å². The van der Waals surface area contributed by atoms with Gasteiger partial charge in [-0.15, -0.1) is 0 Å². The fourth-order valence-electron chi connectivity index (χ4n) is 3.47. The molecule has 2 aromatic heterocycles. The lowest BCUT2D eigenvalue weighted by atomic mass is 10.1. The molecule has 170 valence electrons. The van der Waals surface area contributed by atoms with Gasteiger partial charge in [0.15, 0.2) is 0 Å². The summed E-state index contributed by atoms with van der Waals surface area (Å²) in [4.78, 5) is 21.3. The van der Waals surface area contributed by atoms with Crippen molar-refractivity contribution in [3.63, 3.8) is 0 Å². The minimum absolute atomic E-state index is 0.000727. The van der Waals surface area contributed by atoms with Gasteiger partial charge in [0.25, 0.3) is 0 Å². The molecule has 0 aliphatic rings. The van der Waals surface area contributed by atoms with Gasteiger partial charge in [-0.3, -0.25) is 4.68 Å². The lowest BCUT2D eigenvalue weighted by Gasteiger charge is -2.22. The molecule has 9 nitrogen and oxygen atoms in total. The lowest BCUT2D eigenvalue weighted by Crippen LogP contribution is -2.26. The summed E-state index contributed by atoms with van der Waals surface area (Å²) >= 11 is 0. The first-order valence-corrected chi connectivity index (χ1v) is 10.4. The average Bonchev–Trinajstić information content (AvgIpc) is 3.28. The molecule has 3 rings (SSSR count). The van der Waals surface area contributed by atoms with Crippen LogP contribution in [-0.4, -0.2) is 46.0 Å². The summed E-state index contributed by atoms with van der Waals surface area (Å²) in [5, 5.41) is 7.61. The second-order valence-corrected chi connectivity index (χ2v) is 7.54. The quantitative estimate of drug-likeness (QED) is 0.498. The maximum absolute atomic E-state index is 12.8. The number of pyridine rings is 1. The minimum atomic E-state index is -0.533. The van der Waals surface area contributed by atoms with Crippen molar-refractivity contribution in [2.24, 2.45) is 0 Å². The van der Waals surface area contributed by atoms with Crippen molar-refractivity contribution in [2.75, 3.05) is 19.5 Å². The van der Waals surface area contributed by atoms with E-state index in [-0.39, 0.29) is 17.5 Å². The van der Waals surface area contributed by atoms with Gasteiger partial charge in [-0.05, 0) is 56.5 Å². The fraction of sp³-hybridized carbons (Fsp3) is 0.391. The molecule has 0 bridgehead atoms. The zero-order chi connectivity index (χ0) is 23.3. The van der Waals surface area contributed by atoms with Gasteiger partial charge in [0.05, 0.1) is 26.5 Å². The SMILES string of the molecule is CCC(Cn1cncn1)Nc1cc(C)nc(Oc2c(C)cc(OC)cc2C)c1C(=O)OC. The summed E-state index contributed by atoms with van der Waals surface area (Å²) in [5.74, 6) is 1.01. The molecule has 0 saturated heterocycles. The highest BCUT2D eigenvalue weighted by atomic mass is 16.5. The van der Waals surface area contributed by atoms with Gasteiger partial charge in [0.2, 0.25) is 5.88 Å². The number of carbonyl (C=O) groups is 1. The Balaban J connectivity index is 2.02. The number of nitrogens with one attached hydrogen (secondary N) is 1. The highest BCUT2D eigenvalue weighted by molar-refractivity contribution is 5.98. The van der Waals surface area contributed by atoms with Crippen molar-refractivity contribution in [3.8, 4) is 17.4 Å². The van der Waals surface area contributed by atoms with Crippen LogP contribution in [0.5, 0.6) is 17.4 Å². The van der Waals surface area contributed by atoms with E-state index in [0.717, 1.165) is 23.3 Å². The van der Waals surface area contributed by atoms with Crippen molar-refractivity contribution >= 4 is 11.7 Å². The third kappa shape index (κ3) is 5.16. The summed E-state index contributed by atoms with van der Waals surface area (Å²) in [7, 11) is 2.96. The van der Waals surface area contributed by atoms with E-state index >= 15 is 0 Å². The van der Waals surface area contributed by atoms with Crippen molar-refractivity contribution < 1.29 is 19.0 Å². The summed E-state index contributed by atoms with van der Waals surface area (Å²) in [6.45, 7) is 8.34. The molecule has 0 radical (unpaired) electrons. The number of anilines is 1. The van der Waals surface area contributed by atoms with E-state index in [1.807, 2.05) is 39.0 Å². The van der Waals surface area contributed by atoms with Crippen LogP contribution in [0.25, 0.3) is 0 Å². The number of aromatic nitrogens is 4. The highest BCUT2D eigenvalue weighted by Crippen LogP contribution is 2.36. The van der Waals surface area contributed by atoms with Crippen LogP contribution in [0.3, 0.4) is 0 Å². The third-order valence-corrected chi connectivity index (χ3v) is 5.10. The number of ether oxygens (including phenoxy) is 3. The molecule has 0 aliphatic heterocycles. The van der Waals surface area contributed by atoms with E-state index < -0.39 is 5.97 Å². The van der Waals surface area contributed by atoms with Crippen LogP contribution >= 0.6 is 0 Å². The molecule has 1 atom stereocenters. The van der Waals surface area contributed by atoms with E-state index in [1.54, 1.807) is 18.1 Å². The molecule has 9 heteroatoms. The lowest BCUT2D eigenvalue weighted by molar-refractivity contribution is 0.0598. The van der Waals surface area contributed by atoms with Gasteiger partial charge >= 0.3 is 5.97 Å². The normalized spacial score (nSPS) is 11.7. The van der Waals surface area contributed by atoms with E-state index in [2.05, 4.69) is 27.3 Å². The predicted octanol–water partition coefficient (Wildman–Crippen LogP) is 4.08. The van der Waals surface area contributed by atoms with E-state index in [9.17, 15) is 4.79 Å². The molecule has 0 aliphatic carbocycles. The molecule has 3 aromatic rings. The molecule has 0 spiro atoms. The summed E-state index contributed by atoms with van der Waals surface area (Å²) in [6, 6.07) is 5.57. The Hall–Kier alpha value is -3.62. The summed E-state index contributed by atoms with van der Waals surface area (Å²) in [6.07, 6.45) is 3.95. The van der Waals surface area contributed by atoms with Crippen molar-refractivity contribution in [3.05, 3.63) is 53.2 Å². The number of rotatable bonds is 9. The Kier molecular flexibility index (Phi) is 7.29. The Bertz CT molecular complexity index is 1060. The molecule has 1 aromatic carbocycles. The second-order valence-electron chi connectivity index (χ2n) is 7.54. The van der Waals surface area contributed by atoms with Gasteiger partial charge in [-0.1, -0.05) is 6.92 Å². The fourth-order valence-corrected chi connectivity index (χ4v) is 3.47. The molecule has 0 saturated carbocycles. The third-order valence-electron chi connectivity index (χ3n) is 5.10. The van der Waals surface area contributed by atoms with Gasteiger partial charge in [-0.25, -0.2) is 14.8 Å². The number of hydrogen-bond acceptors (Lipinski definition) is 8. The van der Waals surface area contributed by atoms with Crippen LogP contribution in [0, 0.1) is 20.8 Å². The van der Waals surface area contributed by atoms with Crippen LogP contribution in [0.15, 0.2) is 30.9 Å². The number of methoxy groups -OCH3 is 2. The van der Waals surface area contributed by atoms with Crippen LogP contribution in [0.4, 0.5) is 5.69 Å². The number of aryl methyl sites for hydroxylation is 3. The molecule has 0 fully saturated rings. The van der Waals surface area contributed by atoms with Crippen LogP contribution < -0.4 is 14.8 Å². The Morgan fingerprint density at radius 2 is 1.88 bits per heavy atom. The van der Waals surface area contributed by atoms with Gasteiger partial charge in [-0.2, -0.15) is 5.10 Å². The van der Waals surface area contributed by atoms with Crippen molar-refractivity contribution in [1.29, 1.82) is 0 Å². The zero-order valence-electron chi connectivity index (χ0n) is 19.3. The first-order valence-electron chi connectivity index (χ1n) is 10.4. The molecule has 2 heterocycles. The maximum atomic E-state index is 12.8. The van der Waals surface area contributed by atoms with Crippen LogP contribution in [-0.2, 0) is 11.3 Å². The van der Waals surface area contributed by atoms with E-state index in [4.69, 9.17) is 14.2 Å². The van der Waals surface area contributed by atoms with Crippen molar-refractivity contribution in [2.45, 2.75) is 46.7 Å². The maximum Gasteiger partial charge on any atom is 0.345 e. The minimum Gasteiger partial charge on any atom is -0.497 e. The largest absolute Gasteiger partial charge is 0.497 e. The van der Waals surface area contributed by atoms with Crippen molar-refractivity contribution in [1.82, 2.24) is 19.7 Å². The average molecular weight is 440 g/mol. The molecule has 32 heavy (non-hydrogen) atoms. The number of hydrogen-bond donors (Lipinski definition) is 1. The number of benzene rings is 1. The second kappa shape index (κ2) is 10.1. The highest BCUT2D eigenvalue weighted by Gasteiger charge is 2.24. The predicted molar refractivity (Wildman–Crippen MR) is 121 cm³/mol. The topological polar surface area (TPSA) is 100 Å². The Morgan fingerprint density at radius 1 is 1.16 bits per heavy atom. The first kappa shape index (κ1) is 23.1. The van der Waals surface area contributed by atoms with Gasteiger partial charge in [0, 0.05) is 11.7 Å². The van der Waals surface area contributed by atoms with Crippen LogP contribution in [0.1, 0.15) is 40.5 Å². The molecular weight excluding hydrogens is 410 g/mol. The molecule has 1 unspecified atom stereocenters. The monoisotopic (exact) mass is 439 g/mol. The molecular formula is C23H29N5O4. The number of esters is 1. The first-order chi connectivity index (χ1) is 15.4. The van der Waals surface area contributed by atoms with Crippen LogP contribution in [0.2, 0.25) is 0 Å². The summed E-state index contributed by atoms with van der Waals surface area (Å²) in [5.41, 5.74) is 3.27. The Morgan fingerprint density at radius 3 is 2.44 bits per heavy atom. The number of nitrogens with zero attached hydrogens (tertiary/aromatic N) is 4. The van der Waals surface area contributed by atoms with Gasteiger partial charge < -0.3 is 19.5 Å². The van der Waals surface area contributed by atoms with E-state index in [1.165, 1.54) is 13.4 Å².